The second-order valence-corrected chi connectivity index (χ2v) is 5.61. The summed E-state index contributed by atoms with van der Waals surface area (Å²) in [6.07, 6.45) is 9.09. The second-order valence-electron chi connectivity index (χ2n) is 5.61. The zero-order chi connectivity index (χ0) is 16.5. The number of unbranched alkanes of at least 4 members (excludes halogenated alkanes) is 4. The third-order valence-corrected chi connectivity index (χ3v) is 3.73. The van der Waals surface area contributed by atoms with Crippen molar-refractivity contribution in [3.05, 3.63) is 42.6 Å². The van der Waals surface area contributed by atoms with Crippen LogP contribution in [0.3, 0.4) is 0 Å². The van der Waals surface area contributed by atoms with Crippen LogP contribution < -0.4 is 10.7 Å². The van der Waals surface area contributed by atoms with Crippen LogP contribution in [-0.2, 0) is 9.53 Å². The van der Waals surface area contributed by atoms with Crippen molar-refractivity contribution < 1.29 is 9.53 Å². The summed E-state index contributed by atoms with van der Waals surface area (Å²) in [7, 11) is 0. The minimum absolute atomic E-state index is 0.257. The van der Waals surface area contributed by atoms with E-state index in [4.69, 9.17) is 10.5 Å². The lowest BCUT2D eigenvalue weighted by atomic mass is 10.1. The van der Waals surface area contributed by atoms with E-state index < -0.39 is 5.92 Å². The molecule has 23 heavy (non-hydrogen) atoms. The molecule has 0 saturated carbocycles. The average molecular weight is 315 g/mol. The number of esters is 1. The van der Waals surface area contributed by atoms with Gasteiger partial charge in [-0.25, -0.2) is 5.01 Å². The highest BCUT2D eigenvalue weighted by Gasteiger charge is 2.25. The summed E-state index contributed by atoms with van der Waals surface area (Å²) in [5, 5.41) is 5.92. The number of carbonyl (C=O) groups is 1. The lowest BCUT2D eigenvalue weighted by Gasteiger charge is -2.22. The topological polar surface area (TPSA) is 67.9 Å². The Kier molecular flexibility index (Phi) is 6.66. The molecule has 0 amide bonds. The molecule has 1 aliphatic heterocycles. The molecule has 0 bridgehead atoms. The van der Waals surface area contributed by atoms with Gasteiger partial charge in [-0.15, -0.1) is 0 Å². The SMILES string of the molecule is CCCCCCCOC(=O)C1C=CN(c2ccccc2)N=C1N. The quantitative estimate of drug-likeness (QED) is 0.589. The molecule has 0 fully saturated rings. The predicted octanol–water partition coefficient (Wildman–Crippen LogP) is 3.42. The van der Waals surface area contributed by atoms with Crippen LogP contribution >= 0.6 is 0 Å². The van der Waals surface area contributed by atoms with Crippen molar-refractivity contribution in [2.45, 2.75) is 39.0 Å². The minimum atomic E-state index is -0.592. The molecule has 0 aromatic heterocycles. The van der Waals surface area contributed by atoms with E-state index in [0.29, 0.717) is 6.61 Å². The van der Waals surface area contributed by atoms with Crippen LogP contribution in [0.25, 0.3) is 0 Å². The maximum absolute atomic E-state index is 12.1. The molecule has 1 aromatic rings. The summed E-state index contributed by atoms with van der Waals surface area (Å²) in [6, 6.07) is 9.64. The zero-order valence-corrected chi connectivity index (χ0v) is 13.6. The molecule has 1 aliphatic rings. The first-order valence-corrected chi connectivity index (χ1v) is 8.25. The number of nitrogens with two attached hydrogens (primary N) is 1. The second kappa shape index (κ2) is 8.98. The van der Waals surface area contributed by atoms with Gasteiger partial charge in [0.2, 0.25) is 0 Å². The molecule has 1 heterocycles. The van der Waals surface area contributed by atoms with Gasteiger partial charge < -0.3 is 10.5 Å². The molecular weight excluding hydrogens is 290 g/mol. The molecule has 0 spiro atoms. The first-order valence-electron chi connectivity index (χ1n) is 8.25. The van der Waals surface area contributed by atoms with Gasteiger partial charge in [-0.1, -0.05) is 50.8 Å². The van der Waals surface area contributed by atoms with Gasteiger partial charge in [0, 0.05) is 6.20 Å². The molecule has 2 rings (SSSR count). The molecule has 0 radical (unpaired) electrons. The highest BCUT2D eigenvalue weighted by atomic mass is 16.5. The maximum atomic E-state index is 12.1. The zero-order valence-electron chi connectivity index (χ0n) is 13.6. The van der Waals surface area contributed by atoms with Crippen LogP contribution in [0.2, 0.25) is 0 Å². The van der Waals surface area contributed by atoms with Crippen molar-refractivity contribution in [2.24, 2.45) is 16.8 Å². The largest absolute Gasteiger partial charge is 0.465 e. The standard InChI is InChI=1S/C18H25N3O2/c1-2-3-4-5-9-14-23-18(22)16-12-13-21(20-17(16)19)15-10-7-6-8-11-15/h6-8,10-13,16H,2-5,9,14H2,1H3,(H2,19,20). The third kappa shape index (κ3) is 5.13. The lowest BCUT2D eigenvalue weighted by molar-refractivity contribution is -0.144. The number of carbonyl (C=O) groups excluding carboxylic acids is 1. The van der Waals surface area contributed by atoms with E-state index in [-0.39, 0.29) is 11.8 Å². The van der Waals surface area contributed by atoms with Gasteiger partial charge in [0.1, 0.15) is 11.8 Å². The molecule has 124 valence electrons. The molecule has 1 unspecified atom stereocenters. The maximum Gasteiger partial charge on any atom is 0.320 e. The smallest absolute Gasteiger partial charge is 0.320 e. The van der Waals surface area contributed by atoms with E-state index in [1.807, 2.05) is 30.3 Å². The van der Waals surface area contributed by atoms with Crippen molar-refractivity contribution >= 4 is 17.5 Å². The minimum Gasteiger partial charge on any atom is -0.465 e. The highest BCUT2D eigenvalue weighted by molar-refractivity contribution is 6.03. The number of ether oxygens (including phenoxy) is 1. The van der Waals surface area contributed by atoms with E-state index in [0.717, 1.165) is 18.5 Å². The number of nitrogens with zero attached hydrogens (tertiary/aromatic N) is 2. The first kappa shape index (κ1) is 17.1. The summed E-state index contributed by atoms with van der Waals surface area (Å²) in [4.78, 5) is 12.1. The van der Waals surface area contributed by atoms with E-state index in [1.165, 1.54) is 19.3 Å². The van der Waals surface area contributed by atoms with Crippen LogP contribution in [0.15, 0.2) is 47.7 Å². The molecule has 5 heteroatoms. The lowest BCUT2D eigenvalue weighted by Crippen LogP contribution is -2.35. The van der Waals surface area contributed by atoms with E-state index in [2.05, 4.69) is 12.0 Å². The monoisotopic (exact) mass is 315 g/mol. The van der Waals surface area contributed by atoms with Gasteiger partial charge >= 0.3 is 5.97 Å². The Morgan fingerprint density at radius 1 is 1.22 bits per heavy atom. The number of rotatable bonds is 8. The Labute approximate surface area is 137 Å². The van der Waals surface area contributed by atoms with E-state index in [9.17, 15) is 4.79 Å². The number of anilines is 1. The molecule has 2 N–H and O–H groups in total. The fraction of sp³-hybridized carbons (Fsp3) is 0.444. The van der Waals surface area contributed by atoms with E-state index in [1.54, 1.807) is 17.3 Å². The van der Waals surface area contributed by atoms with Crippen LogP contribution in [0.1, 0.15) is 39.0 Å². The van der Waals surface area contributed by atoms with Gasteiger partial charge in [-0.2, -0.15) is 5.10 Å². The van der Waals surface area contributed by atoms with Crippen LogP contribution in [-0.4, -0.2) is 18.4 Å². The van der Waals surface area contributed by atoms with Crippen molar-refractivity contribution in [1.29, 1.82) is 0 Å². The third-order valence-electron chi connectivity index (χ3n) is 3.73. The molecule has 5 nitrogen and oxygen atoms in total. The van der Waals surface area contributed by atoms with Crippen molar-refractivity contribution in [3.8, 4) is 0 Å². The number of para-hydroxylation sites is 1. The number of hydrogen-bond donors (Lipinski definition) is 1. The molecule has 1 aromatic carbocycles. The average Bonchev–Trinajstić information content (AvgIpc) is 2.58. The van der Waals surface area contributed by atoms with Gasteiger partial charge in [-0.3, -0.25) is 4.79 Å². The van der Waals surface area contributed by atoms with Gasteiger partial charge in [0.25, 0.3) is 0 Å². The summed E-state index contributed by atoms with van der Waals surface area (Å²) in [5.74, 6) is -0.663. The van der Waals surface area contributed by atoms with Crippen molar-refractivity contribution in [3.63, 3.8) is 0 Å². The van der Waals surface area contributed by atoms with Crippen molar-refractivity contribution in [2.75, 3.05) is 11.6 Å². The molecule has 0 saturated heterocycles. The normalized spacial score (nSPS) is 17.0. The highest BCUT2D eigenvalue weighted by Crippen LogP contribution is 2.19. The Balaban J connectivity index is 1.81. The van der Waals surface area contributed by atoms with Gasteiger partial charge in [-0.05, 0) is 24.6 Å². The Morgan fingerprint density at radius 3 is 2.65 bits per heavy atom. The van der Waals surface area contributed by atoms with E-state index >= 15 is 0 Å². The summed E-state index contributed by atoms with van der Waals surface area (Å²) in [5.41, 5.74) is 6.83. The fourth-order valence-electron chi connectivity index (χ4n) is 2.38. The van der Waals surface area contributed by atoms with Crippen molar-refractivity contribution in [1.82, 2.24) is 0 Å². The Morgan fingerprint density at radius 2 is 1.96 bits per heavy atom. The van der Waals surface area contributed by atoms with Crippen LogP contribution in [0.4, 0.5) is 5.69 Å². The number of benzene rings is 1. The number of amidine groups is 1. The summed E-state index contributed by atoms with van der Waals surface area (Å²) >= 11 is 0. The summed E-state index contributed by atoms with van der Waals surface area (Å²) < 4.78 is 5.30. The van der Waals surface area contributed by atoms with Gasteiger partial charge in [0.15, 0.2) is 0 Å². The Bertz CT molecular complexity index is 555. The fourth-order valence-corrected chi connectivity index (χ4v) is 2.38. The van der Waals surface area contributed by atoms with Gasteiger partial charge in [0.05, 0.1) is 12.3 Å². The molecule has 1 atom stereocenters. The first-order chi connectivity index (χ1) is 11.2. The predicted molar refractivity (Wildman–Crippen MR) is 92.9 cm³/mol. The van der Waals surface area contributed by atoms with Crippen LogP contribution in [0, 0.1) is 5.92 Å². The number of hydrogen-bond acceptors (Lipinski definition) is 5. The Hall–Kier alpha value is -2.30. The molecule has 0 aliphatic carbocycles. The molecular formula is C18H25N3O2. The number of hydrazone groups is 1. The van der Waals surface area contributed by atoms with Crippen LogP contribution in [0.5, 0.6) is 0 Å². The summed E-state index contributed by atoms with van der Waals surface area (Å²) in [6.45, 7) is 2.62.